The Kier molecular flexibility index (Phi) is 2.47. The predicted molar refractivity (Wildman–Crippen MR) is 42.2 cm³/mol. The van der Waals surface area contributed by atoms with Gasteiger partial charge < -0.3 is 9.26 Å². The van der Waals surface area contributed by atoms with E-state index in [2.05, 4.69) is 5.16 Å². The molecule has 0 bridgehead atoms. The molecule has 0 saturated carbocycles. The van der Waals surface area contributed by atoms with Gasteiger partial charge in [0.05, 0.1) is 12.7 Å². The van der Waals surface area contributed by atoms with Gasteiger partial charge >= 0.3 is 0 Å². The Balaban J connectivity index is 2.94. The average molecular weight is 169 g/mol. The van der Waals surface area contributed by atoms with Crippen LogP contribution in [0.25, 0.3) is 0 Å². The van der Waals surface area contributed by atoms with E-state index >= 15 is 0 Å². The van der Waals surface area contributed by atoms with Crippen LogP contribution in [0.1, 0.15) is 18.2 Å². The molecule has 1 aromatic heterocycles. The van der Waals surface area contributed by atoms with E-state index < -0.39 is 0 Å². The van der Waals surface area contributed by atoms with Crippen molar-refractivity contribution in [3.05, 3.63) is 11.3 Å². The minimum atomic E-state index is 0.0691. The lowest BCUT2D eigenvalue weighted by Gasteiger charge is -1.96. The lowest BCUT2D eigenvalue weighted by molar-refractivity contribution is -0.116. The summed E-state index contributed by atoms with van der Waals surface area (Å²) in [5, 5.41) is 3.64. The molecule has 1 heterocycles. The predicted octanol–water partition coefficient (Wildman–Crippen LogP) is 1.12. The highest BCUT2D eigenvalue weighted by Gasteiger charge is 2.14. The summed E-state index contributed by atoms with van der Waals surface area (Å²) < 4.78 is 9.77. The van der Waals surface area contributed by atoms with Crippen LogP contribution in [0.2, 0.25) is 0 Å². The Morgan fingerprint density at radius 2 is 2.33 bits per heavy atom. The van der Waals surface area contributed by atoms with Gasteiger partial charge in [-0.05, 0) is 19.0 Å². The Labute approximate surface area is 70.5 Å². The molecule has 0 aliphatic rings. The molecule has 4 heteroatoms. The van der Waals surface area contributed by atoms with Crippen molar-refractivity contribution in [1.29, 1.82) is 0 Å². The number of carbonyl (C=O) groups excluding carboxylic acids is 1. The molecule has 0 aliphatic carbocycles. The monoisotopic (exact) mass is 169 g/mol. The van der Waals surface area contributed by atoms with E-state index in [0.29, 0.717) is 18.1 Å². The van der Waals surface area contributed by atoms with Gasteiger partial charge in [0, 0.05) is 6.42 Å². The number of Topliss-reactive ketones (excluding diaryl/α,β-unsaturated/α-hetero) is 1. The molecule has 0 atom stereocenters. The molecule has 0 N–H and O–H groups in total. The Bertz CT molecular complexity index is 290. The van der Waals surface area contributed by atoms with E-state index in [1.54, 1.807) is 6.92 Å². The van der Waals surface area contributed by atoms with Gasteiger partial charge in [0.25, 0.3) is 5.88 Å². The summed E-state index contributed by atoms with van der Waals surface area (Å²) in [6, 6.07) is 0. The first-order valence-corrected chi connectivity index (χ1v) is 3.63. The van der Waals surface area contributed by atoms with Crippen LogP contribution in [0, 0.1) is 6.92 Å². The molecule has 0 aliphatic heterocycles. The van der Waals surface area contributed by atoms with Gasteiger partial charge in [0.15, 0.2) is 0 Å². The highest BCUT2D eigenvalue weighted by molar-refractivity contribution is 5.78. The quantitative estimate of drug-likeness (QED) is 0.680. The molecule has 12 heavy (non-hydrogen) atoms. The number of ether oxygens (including phenoxy) is 1. The zero-order valence-corrected chi connectivity index (χ0v) is 7.38. The molecule has 0 fully saturated rings. The number of hydrogen-bond acceptors (Lipinski definition) is 4. The van der Waals surface area contributed by atoms with Gasteiger partial charge in [0.2, 0.25) is 0 Å². The molecule has 0 radical (unpaired) electrons. The van der Waals surface area contributed by atoms with Crippen LogP contribution >= 0.6 is 0 Å². The number of ketones is 1. The van der Waals surface area contributed by atoms with Crippen LogP contribution < -0.4 is 4.74 Å². The lowest BCUT2D eigenvalue weighted by Crippen LogP contribution is -1.98. The van der Waals surface area contributed by atoms with E-state index in [1.807, 2.05) is 0 Å². The number of aryl methyl sites for hydroxylation is 1. The Morgan fingerprint density at radius 1 is 1.67 bits per heavy atom. The maximum absolute atomic E-state index is 10.8. The molecule has 1 aromatic rings. The Morgan fingerprint density at radius 3 is 2.83 bits per heavy atom. The third kappa shape index (κ3) is 1.64. The van der Waals surface area contributed by atoms with E-state index in [1.165, 1.54) is 14.0 Å². The van der Waals surface area contributed by atoms with Gasteiger partial charge in [-0.15, -0.1) is 0 Å². The third-order valence-corrected chi connectivity index (χ3v) is 1.57. The van der Waals surface area contributed by atoms with Crippen LogP contribution in [-0.4, -0.2) is 18.0 Å². The van der Waals surface area contributed by atoms with E-state index in [-0.39, 0.29) is 5.78 Å². The van der Waals surface area contributed by atoms with Gasteiger partial charge in [-0.3, -0.25) is 4.79 Å². The summed E-state index contributed by atoms with van der Waals surface area (Å²) in [6.45, 7) is 3.28. The number of nitrogens with zero attached hydrogens (tertiary/aromatic N) is 1. The smallest absolute Gasteiger partial charge is 0.257 e. The summed E-state index contributed by atoms with van der Waals surface area (Å²) >= 11 is 0. The molecule has 66 valence electrons. The van der Waals surface area contributed by atoms with E-state index in [0.717, 1.165) is 5.56 Å². The van der Waals surface area contributed by atoms with Crippen LogP contribution in [0.5, 0.6) is 5.88 Å². The number of methoxy groups -OCH3 is 1. The van der Waals surface area contributed by atoms with Gasteiger partial charge in [-0.2, -0.15) is 0 Å². The minimum absolute atomic E-state index is 0.0691. The second-order valence-electron chi connectivity index (χ2n) is 2.61. The lowest BCUT2D eigenvalue weighted by atomic mass is 10.1. The maximum atomic E-state index is 10.8. The minimum Gasteiger partial charge on any atom is -0.479 e. The fourth-order valence-corrected chi connectivity index (χ4v) is 0.980. The second-order valence-corrected chi connectivity index (χ2v) is 2.61. The van der Waals surface area contributed by atoms with Crippen molar-refractivity contribution in [2.45, 2.75) is 20.3 Å². The molecule has 0 spiro atoms. The van der Waals surface area contributed by atoms with E-state index in [4.69, 9.17) is 9.26 Å². The van der Waals surface area contributed by atoms with Crippen molar-refractivity contribution in [3.8, 4) is 5.88 Å². The van der Waals surface area contributed by atoms with Crippen molar-refractivity contribution in [2.24, 2.45) is 0 Å². The summed E-state index contributed by atoms with van der Waals surface area (Å²) in [4.78, 5) is 10.8. The van der Waals surface area contributed by atoms with Gasteiger partial charge in [-0.25, -0.2) is 0 Å². The molecule has 0 amide bonds. The number of rotatable bonds is 3. The van der Waals surface area contributed by atoms with Crippen molar-refractivity contribution in [2.75, 3.05) is 7.11 Å². The summed E-state index contributed by atoms with van der Waals surface area (Å²) in [5.74, 6) is 1.12. The van der Waals surface area contributed by atoms with Crippen molar-refractivity contribution in [3.63, 3.8) is 0 Å². The first kappa shape index (κ1) is 8.77. The fraction of sp³-hybridized carbons (Fsp3) is 0.500. The SMILES string of the molecule is COc1noc(C)c1CC(C)=O. The molecule has 1 rings (SSSR count). The average Bonchev–Trinajstić information content (AvgIpc) is 2.32. The number of carbonyl (C=O) groups is 1. The highest BCUT2D eigenvalue weighted by Crippen LogP contribution is 2.20. The van der Waals surface area contributed by atoms with Crippen molar-refractivity contribution in [1.82, 2.24) is 5.16 Å². The van der Waals surface area contributed by atoms with Gasteiger partial charge in [0.1, 0.15) is 11.5 Å². The largest absolute Gasteiger partial charge is 0.479 e. The first-order valence-electron chi connectivity index (χ1n) is 3.63. The van der Waals surface area contributed by atoms with Crippen LogP contribution in [0.3, 0.4) is 0 Å². The van der Waals surface area contributed by atoms with Crippen LogP contribution in [0.15, 0.2) is 4.52 Å². The highest BCUT2D eigenvalue weighted by atomic mass is 16.5. The summed E-state index contributed by atoms with van der Waals surface area (Å²) in [7, 11) is 1.50. The topological polar surface area (TPSA) is 52.3 Å². The maximum Gasteiger partial charge on any atom is 0.257 e. The van der Waals surface area contributed by atoms with E-state index in [9.17, 15) is 4.79 Å². The Hall–Kier alpha value is -1.32. The molecule has 0 saturated heterocycles. The standard InChI is InChI=1S/C8H11NO3/c1-5(10)4-7-6(2)12-9-8(7)11-3/h4H2,1-3H3. The van der Waals surface area contributed by atoms with Crippen LogP contribution in [-0.2, 0) is 11.2 Å². The molecule has 4 nitrogen and oxygen atoms in total. The van der Waals surface area contributed by atoms with Crippen molar-refractivity contribution >= 4 is 5.78 Å². The summed E-state index contributed by atoms with van der Waals surface area (Å²) in [5.41, 5.74) is 0.741. The zero-order valence-electron chi connectivity index (χ0n) is 7.38. The molecule has 0 aromatic carbocycles. The second kappa shape index (κ2) is 3.38. The van der Waals surface area contributed by atoms with Gasteiger partial charge in [-0.1, -0.05) is 0 Å². The molecular weight excluding hydrogens is 158 g/mol. The molecule has 0 unspecified atom stereocenters. The van der Waals surface area contributed by atoms with Crippen molar-refractivity contribution < 1.29 is 14.1 Å². The third-order valence-electron chi connectivity index (χ3n) is 1.57. The summed E-state index contributed by atoms with van der Waals surface area (Å²) in [6.07, 6.45) is 0.318. The zero-order chi connectivity index (χ0) is 9.14. The number of aromatic nitrogens is 1. The first-order chi connectivity index (χ1) is 5.65. The van der Waals surface area contributed by atoms with Crippen LogP contribution in [0.4, 0.5) is 0 Å². The fourth-order valence-electron chi connectivity index (χ4n) is 0.980. The normalized spacial score (nSPS) is 9.92. The molecular formula is C8H11NO3. The number of hydrogen-bond donors (Lipinski definition) is 0.